The Morgan fingerprint density at radius 1 is 1.33 bits per heavy atom. The van der Waals surface area contributed by atoms with Crippen molar-refractivity contribution in [1.29, 1.82) is 0 Å². The molecule has 1 aliphatic rings. The summed E-state index contributed by atoms with van der Waals surface area (Å²) in [6.45, 7) is 4.35. The number of hydrogen-bond acceptors (Lipinski definition) is 4. The first kappa shape index (κ1) is 21.6. The van der Waals surface area contributed by atoms with Crippen LogP contribution in [0, 0.1) is 5.92 Å². The first-order chi connectivity index (χ1) is 11.4. The van der Waals surface area contributed by atoms with Crippen molar-refractivity contribution in [2.45, 2.75) is 25.7 Å². The minimum atomic E-state index is 0. The Bertz CT molecular complexity index is 437. The number of ether oxygens (including phenoxy) is 1. The molecule has 0 amide bonds. The highest BCUT2D eigenvalue weighted by molar-refractivity contribution is 14.0. The van der Waals surface area contributed by atoms with Crippen LogP contribution in [0.5, 0.6) is 0 Å². The number of nitrogens with zero attached hydrogens (tertiary/aromatic N) is 1. The number of aliphatic imine (C=N–C) groups is 1. The monoisotopic (exact) mass is 467 g/mol. The Balaban J connectivity index is 0.00000288. The SMILES string of the molecule is CSCCCCNC(=NCC1CCOC1)NCCc1ccco1.I. The molecule has 2 N–H and O–H groups in total. The maximum atomic E-state index is 5.42. The third kappa shape index (κ3) is 9.17. The summed E-state index contributed by atoms with van der Waals surface area (Å²) in [5.41, 5.74) is 0. The number of unbranched alkanes of at least 4 members (excludes halogenated alkanes) is 1. The molecule has 24 heavy (non-hydrogen) atoms. The van der Waals surface area contributed by atoms with Crippen LogP contribution < -0.4 is 10.6 Å². The summed E-state index contributed by atoms with van der Waals surface area (Å²) in [7, 11) is 0. The van der Waals surface area contributed by atoms with Crippen molar-refractivity contribution in [3.8, 4) is 0 Å². The van der Waals surface area contributed by atoms with Gasteiger partial charge in [-0.05, 0) is 43.4 Å². The van der Waals surface area contributed by atoms with Gasteiger partial charge in [-0.1, -0.05) is 0 Å². The van der Waals surface area contributed by atoms with Gasteiger partial charge >= 0.3 is 0 Å². The molecule has 1 saturated heterocycles. The van der Waals surface area contributed by atoms with Gasteiger partial charge in [0.1, 0.15) is 5.76 Å². The molecule has 1 aromatic rings. The predicted octanol–water partition coefficient (Wildman–Crippen LogP) is 3.16. The van der Waals surface area contributed by atoms with E-state index in [-0.39, 0.29) is 24.0 Å². The third-order valence-electron chi connectivity index (χ3n) is 3.84. The molecule has 0 saturated carbocycles. The van der Waals surface area contributed by atoms with Crippen LogP contribution in [0.4, 0.5) is 0 Å². The summed E-state index contributed by atoms with van der Waals surface area (Å²) in [6.07, 6.45) is 8.27. The summed E-state index contributed by atoms with van der Waals surface area (Å²) < 4.78 is 10.8. The van der Waals surface area contributed by atoms with Gasteiger partial charge in [0.15, 0.2) is 5.96 Å². The summed E-state index contributed by atoms with van der Waals surface area (Å²) >= 11 is 1.90. The molecule has 5 nitrogen and oxygen atoms in total. The number of hydrogen-bond donors (Lipinski definition) is 2. The van der Waals surface area contributed by atoms with Crippen LogP contribution in [0.2, 0.25) is 0 Å². The molecule has 1 aliphatic heterocycles. The maximum absolute atomic E-state index is 5.42. The fourth-order valence-corrected chi connectivity index (χ4v) is 2.95. The number of guanidine groups is 1. The van der Waals surface area contributed by atoms with Gasteiger partial charge in [-0.3, -0.25) is 4.99 Å². The van der Waals surface area contributed by atoms with Crippen LogP contribution in [-0.4, -0.2) is 50.8 Å². The van der Waals surface area contributed by atoms with E-state index in [0.717, 1.165) is 57.4 Å². The topological polar surface area (TPSA) is 58.8 Å². The Morgan fingerprint density at radius 2 is 2.21 bits per heavy atom. The molecule has 1 unspecified atom stereocenters. The van der Waals surface area contributed by atoms with Crippen LogP contribution in [0.15, 0.2) is 27.8 Å². The molecule has 0 spiro atoms. The second-order valence-electron chi connectivity index (χ2n) is 5.80. The van der Waals surface area contributed by atoms with Crippen LogP contribution in [0.25, 0.3) is 0 Å². The van der Waals surface area contributed by atoms with Gasteiger partial charge in [0.25, 0.3) is 0 Å². The molecule has 7 heteroatoms. The average Bonchev–Trinajstić information content (AvgIpc) is 3.25. The zero-order valence-corrected chi connectivity index (χ0v) is 17.6. The normalized spacial score (nSPS) is 17.5. The van der Waals surface area contributed by atoms with E-state index in [9.17, 15) is 0 Å². The quantitative estimate of drug-likeness (QED) is 0.240. The van der Waals surface area contributed by atoms with E-state index >= 15 is 0 Å². The highest BCUT2D eigenvalue weighted by Gasteiger charge is 2.15. The first-order valence-electron chi connectivity index (χ1n) is 8.49. The second kappa shape index (κ2) is 13.8. The summed E-state index contributed by atoms with van der Waals surface area (Å²) in [6, 6.07) is 3.93. The molecule has 2 heterocycles. The molecule has 1 aromatic heterocycles. The first-order valence-corrected chi connectivity index (χ1v) is 9.89. The molecule has 0 radical (unpaired) electrons. The van der Waals surface area contributed by atoms with Crippen LogP contribution in [-0.2, 0) is 11.2 Å². The zero-order chi connectivity index (χ0) is 16.2. The summed E-state index contributed by atoms with van der Waals surface area (Å²) in [5.74, 6) is 3.70. The molecule has 0 aliphatic carbocycles. The van der Waals surface area contributed by atoms with Gasteiger partial charge in [-0.15, -0.1) is 24.0 Å². The summed E-state index contributed by atoms with van der Waals surface area (Å²) in [4.78, 5) is 4.72. The van der Waals surface area contributed by atoms with Crippen molar-refractivity contribution < 1.29 is 9.15 Å². The Labute approximate surface area is 166 Å². The van der Waals surface area contributed by atoms with Crippen molar-refractivity contribution in [3.63, 3.8) is 0 Å². The van der Waals surface area contributed by atoms with E-state index in [4.69, 9.17) is 14.1 Å². The van der Waals surface area contributed by atoms with Crippen molar-refractivity contribution in [3.05, 3.63) is 24.2 Å². The van der Waals surface area contributed by atoms with Gasteiger partial charge in [-0.25, -0.2) is 0 Å². The Kier molecular flexibility index (Phi) is 12.5. The van der Waals surface area contributed by atoms with Crippen molar-refractivity contribution in [2.75, 3.05) is 44.9 Å². The van der Waals surface area contributed by atoms with Gasteiger partial charge in [-0.2, -0.15) is 11.8 Å². The average molecular weight is 467 g/mol. The van der Waals surface area contributed by atoms with E-state index in [1.54, 1.807) is 6.26 Å². The molecule has 0 bridgehead atoms. The minimum absolute atomic E-state index is 0. The molecular weight excluding hydrogens is 437 g/mol. The molecule has 138 valence electrons. The number of furan rings is 1. The van der Waals surface area contributed by atoms with Gasteiger partial charge in [0, 0.05) is 38.6 Å². The lowest BCUT2D eigenvalue weighted by atomic mass is 10.1. The fraction of sp³-hybridized carbons (Fsp3) is 0.706. The van der Waals surface area contributed by atoms with Crippen molar-refractivity contribution in [1.82, 2.24) is 10.6 Å². The Hall–Kier alpha value is -0.410. The number of rotatable bonds is 10. The number of thioether (sulfide) groups is 1. The van der Waals surface area contributed by atoms with Crippen molar-refractivity contribution >= 4 is 41.7 Å². The molecule has 2 rings (SSSR count). The fourth-order valence-electron chi connectivity index (χ4n) is 2.46. The van der Waals surface area contributed by atoms with E-state index in [2.05, 4.69) is 16.9 Å². The molecular formula is C17H30IN3O2S. The van der Waals surface area contributed by atoms with Crippen LogP contribution in [0.1, 0.15) is 25.0 Å². The van der Waals surface area contributed by atoms with Crippen LogP contribution >= 0.6 is 35.7 Å². The molecule has 1 atom stereocenters. The highest BCUT2D eigenvalue weighted by Crippen LogP contribution is 2.12. The van der Waals surface area contributed by atoms with Gasteiger partial charge in [0.05, 0.1) is 12.9 Å². The smallest absolute Gasteiger partial charge is 0.191 e. The summed E-state index contributed by atoms with van der Waals surface area (Å²) in [5, 5.41) is 6.85. The van der Waals surface area contributed by atoms with E-state index in [1.807, 2.05) is 23.9 Å². The second-order valence-corrected chi connectivity index (χ2v) is 6.79. The van der Waals surface area contributed by atoms with Crippen LogP contribution in [0.3, 0.4) is 0 Å². The lowest BCUT2D eigenvalue weighted by Gasteiger charge is -2.13. The van der Waals surface area contributed by atoms with Gasteiger partial charge in [0.2, 0.25) is 0 Å². The lowest BCUT2D eigenvalue weighted by molar-refractivity contribution is 0.187. The predicted molar refractivity (Wildman–Crippen MR) is 113 cm³/mol. The van der Waals surface area contributed by atoms with Gasteiger partial charge < -0.3 is 19.8 Å². The molecule has 1 fully saturated rings. The maximum Gasteiger partial charge on any atom is 0.191 e. The third-order valence-corrected chi connectivity index (χ3v) is 4.54. The standard InChI is InChI=1S/C17H29N3O2S.HI/c1-23-12-3-2-8-18-17(20-13-15-7-11-21-14-15)19-9-6-16-5-4-10-22-16;/h4-5,10,15H,2-3,6-9,11-14H2,1H3,(H2,18,19,20);1H. The van der Waals surface area contributed by atoms with E-state index in [1.165, 1.54) is 18.6 Å². The zero-order valence-electron chi connectivity index (χ0n) is 14.5. The number of halogens is 1. The van der Waals surface area contributed by atoms with E-state index in [0.29, 0.717) is 5.92 Å². The largest absolute Gasteiger partial charge is 0.469 e. The Morgan fingerprint density at radius 3 is 2.92 bits per heavy atom. The number of nitrogens with one attached hydrogen (secondary N) is 2. The van der Waals surface area contributed by atoms with E-state index < -0.39 is 0 Å². The minimum Gasteiger partial charge on any atom is -0.469 e. The van der Waals surface area contributed by atoms with Crippen molar-refractivity contribution in [2.24, 2.45) is 10.9 Å². The lowest BCUT2D eigenvalue weighted by Crippen LogP contribution is -2.39. The molecule has 0 aromatic carbocycles. The highest BCUT2D eigenvalue weighted by atomic mass is 127.